The second-order valence-electron chi connectivity index (χ2n) is 13.0. The van der Waals surface area contributed by atoms with Crippen molar-refractivity contribution in [3.05, 3.63) is 82.9 Å². The number of esters is 1. The van der Waals surface area contributed by atoms with E-state index in [2.05, 4.69) is 12.2 Å². The van der Waals surface area contributed by atoms with Crippen LogP contribution >= 0.6 is 0 Å². The topological polar surface area (TPSA) is 89.5 Å². The molecule has 0 radical (unpaired) electrons. The molecule has 0 saturated carbocycles. The molecule has 2 rings (SSSR count). The number of hydrogen-bond donors (Lipinski definition) is 1. The van der Waals surface area contributed by atoms with Crippen LogP contribution in [-0.4, -0.2) is 35.6 Å². The minimum atomic E-state index is -0.617. The largest absolute Gasteiger partial charge is 0.457 e. The first-order valence-electron chi connectivity index (χ1n) is 17.2. The van der Waals surface area contributed by atoms with Gasteiger partial charge in [-0.3, -0.25) is 14.4 Å². The first-order valence-corrected chi connectivity index (χ1v) is 17.2. The van der Waals surface area contributed by atoms with Crippen molar-refractivity contribution in [1.82, 2.24) is 5.32 Å². The molecule has 6 heteroatoms. The minimum Gasteiger partial charge on any atom is -0.457 e. The van der Waals surface area contributed by atoms with Gasteiger partial charge in [0.05, 0.1) is 0 Å². The van der Waals surface area contributed by atoms with Crippen LogP contribution in [0.15, 0.2) is 60.7 Å². The van der Waals surface area contributed by atoms with Gasteiger partial charge >= 0.3 is 5.97 Å². The maximum Gasteiger partial charge on any atom is 0.331 e. The highest BCUT2D eigenvalue weighted by atomic mass is 16.6. The van der Waals surface area contributed by atoms with Crippen LogP contribution in [0.2, 0.25) is 0 Å². The van der Waals surface area contributed by atoms with Gasteiger partial charge in [0.15, 0.2) is 0 Å². The molecule has 0 aliphatic rings. The highest BCUT2D eigenvalue weighted by Crippen LogP contribution is 2.15. The number of unbranched alkanes of at least 4 members (excludes halogenated alkanes) is 13. The van der Waals surface area contributed by atoms with E-state index in [1.54, 1.807) is 81.5 Å². The number of carbonyl (C=O) groups excluding carboxylic acids is 4. The molecule has 0 bridgehead atoms. The average Bonchev–Trinajstić information content (AvgIpc) is 3.03. The Bertz CT molecular complexity index is 1270. The van der Waals surface area contributed by atoms with Crippen molar-refractivity contribution >= 4 is 35.6 Å². The molecule has 46 heavy (non-hydrogen) atoms. The predicted octanol–water partition coefficient (Wildman–Crippen LogP) is 9.72. The van der Waals surface area contributed by atoms with Gasteiger partial charge < -0.3 is 10.1 Å². The molecule has 0 atom stereocenters. The summed E-state index contributed by atoms with van der Waals surface area (Å²) < 4.78 is 5.24. The molecule has 0 saturated heterocycles. The maximum atomic E-state index is 12.8. The number of carbonyl (C=O) groups is 4. The first kappa shape index (κ1) is 38.4. The summed E-state index contributed by atoms with van der Waals surface area (Å²) in [6.45, 7) is 8.31. The molecule has 2 aromatic carbocycles. The van der Waals surface area contributed by atoms with E-state index < -0.39 is 23.1 Å². The minimum absolute atomic E-state index is 0.144. The molecule has 0 aromatic heterocycles. The Morgan fingerprint density at radius 3 is 1.39 bits per heavy atom. The highest BCUT2D eigenvalue weighted by molar-refractivity contribution is 6.49. The van der Waals surface area contributed by atoms with Crippen molar-refractivity contribution in [2.24, 2.45) is 0 Å². The second kappa shape index (κ2) is 21.9. The second-order valence-corrected chi connectivity index (χ2v) is 13.0. The van der Waals surface area contributed by atoms with Gasteiger partial charge in [-0.05, 0) is 50.5 Å². The smallest absolute Gasteiger partial charge is 0.331 e. The summed E-state index contributed by atoms with van der Waals surface area (Å²) in [6.07, 6.45) is 24.4. The summed E-state index contributed by atoms with van der Waals surface area (Å²) >= 11 is 0. The molecule has 1 N–H and O–H groups in total. The molecule has 0 unspecified atom stereocenters. The number of rotatable bonds is 22. The number of amides is 1. The van der Waals surface area contributed by atoms with E-state index in [-0.39, 0.29) is 17.0 Å². The lowest BCUT2D eigenvalue weighted by atomic mass is 9.99. The van der Waals surface area contributed by atoms with E-state index in [4.69, 9.17) is 4.74 Å². The SMILES string of the molecule is CCCCCCCCCCCCCCCCNC(=O)C=Cc1ccc(C(=O)C(=O)c2ccc(C=CC(=O)OC(C)(C)C)cc2)cc1. The quantitative estimate of drug-likeness (QED) is 0.0460. The Kier molecular flexibility index (Phi) is 18.2. The highest BCUT2D eigenvalue weighted by Gasteiger charge is 2.18. The van der Waals surface area contributed by atoms with Gasteiger partial charge in [0.2, 0.25) is 17.5 Å². The van der Waals surface area contributed by atoms with E-state index in [9.17, 15) is 19.2 Å². The lowest BCUT2D eigenvalue weighted by Gasteiger charge is -2.17. The lowest BCUT2D eigenvalue weighted by Crippen LogP contribution is -2.22. The third-order valence-corrected chi connectivity index (χ3v) is 7.63. The summed E-state index contributed by atoms with van der Waals surface area (Å²) in [5.74, 6) is -1.83. The van der Waals surface area contributed by atoms with E-state index in [0.29, 0.717) is 12.1 Å². The lowest BCUT2D eigenvalue weighted by molar-refractivity contribution is -0.148. The molecule has 0 aliphatic heterocycles. The molecule has 6 nitrogen and oxygen atoms in total. The standard InChI is InChI=1S/C40H55NO5/c1-5-6-7-8-9-10-11-12-13-14-15-16-17-18-31-41-36(42)29-23-32-19-25-34(26-20-32)38(44)39(45)35-27-21-33(22-28-35)24-30-37(43)46-40(2,3)4/h19-30H,5-18,31H2,1-4H3,(H,41,42). The van der Waals surface area contributed by atoms with E-state index >= 15 is 0 Å². The Labute approximate surface area is 277 Å². The van der Waals surface area contributed by atoms with E-state index in [1.165, 1.54) is 89.2 Å². The monoisotopic (exact) mass is 629 g/mol. The zero-order chi connectivity index (χ0) is 33.6. The summed E-state index contributed by atoms with van der Waals surface area (Å²) in [6, 6.07) is 13.0. The van der Waals surface area contributed by atoms with Gasteiger partial charge in [0, 0.05) is 29.8 Å². The summed E-state index contributed by atoms with van der Waals surface area (Å²) in [5, 5.41) is 2.93. The van der Waals surface area contributed by atoms with Crippen LogP contribution in [-0.2, 0) is 14.3 Å². The number of Topliss-reactive ketones (excluding diaryl/α,β-unsaturated/α-hetero) is 2. The Morgan fingerprint density at radius 2 is 0.978 bits per heavy atom. The fourth-order valence-corrected chi connectivity index (χ4v) is 5.02. The van der Waals surface area contributed by atoms with Gasteiger partial charge in [-0.15, -0.1) is 0 Å². The van der Waals surface area contributed by atoms with Crippen molar-refractivity contribution in [3.8, 4) is 0 Å². The average molecular weight is 630 g/mol. The number of ketones is 2. The molecule has 1 amide bonds. The zero-order valence-corrected chi connectivity index (χ0v) is 28.6. The molecule has 0 heterocycles. The van der Waals surface area contributed by atoms with Crippen molar-refractivity contribution < 1.29 is 23.9 Å². The van der Waals surface area contributed by atoms with Crippen molar-refractivity contribution in [2.45, 2.75) is 123 Å². The fourth-order valence-electron chi connectivity index (χ4n) is 5.02. The normalized spacial score (nSPS) is 11.7. The van der Waals surface area contributed by atoms with Crippen LogP contribution in [0.1, 0.15) is 149 Å². The van der Waals surface area contributed by atoms with Crippen LogP contribution in [0, 0.1) is 0 Å². The van der Waals surface area contributed by atoms with E-state index in [1.807, 2.05) is 0 Å². The summed E-state index contributed by atoms with van der Waals surface area (Å²) in [4.78, 5) is 49.6. The Balaban J connectivity index is 1.63. The third-order valence-electron chi connectivity index (χ3n) is 7.63. The Hall–Kier alpha value is -3.80. The Morgan fingerprint density at radius 1 is 0.587 bits per heavy atom. The molecule has 2 aromatic rings. The number of ether oxygens (including phenoxy) is 1. The number of benzene rings is 2. The summed E-state index contributed by atoms with van der Waals surface area (Å²) in [5.41, 5.74) is 1.43. The van der Waals surface area contributed by atoms with Crippen molar-refractivity contribution in [2.75, 3.05) is 6.54 Å². The van der Waals surface area contributed by atoms with Gasteiger partial charge in [0.1, 0.15) is 5.60 Å². The van der Waals surface area contributed by atoms with Crippen molar-refractivity contribution in [1.29, 1.82) is 0 Å². The molecule has 250 valence electrons. The van der Waals surface area contributed by atoms with Gasteiger partial charge in [-0.2, -0.15) is 0 Å². The van der Waals surface area contributed by atoms with Crippen LogP contribution in [0.3, 0.4) is 0 Å². The van der Waals surface area contributed by atoms with Crippen LogP contribution in [0.25, 0.3) is 12.2 Å². The predicted molar refractivity (Wildman–Crippen MR) is 189 cm³/mol. The number of nitrogens with one attached hydrogen (secondary N) is 1. The molecule has 0 spiro atoms. The van der Waals surface area contributed by atoms with Crippen LogP contribution < -0.4 is 5.32 Å². The maximum absolute atomic E-state index is 12.8. The molecule has 0 fully saturated rings. The molecule has 0 aliphatic carbocycles. The third kappa shape index (κ3) is 17.0. The van der Waals surface area contributed by atoms with Crippen molar-refractivity contribution in [3.63, 3.8) is 0 Å². The molecular formula is C40H55NO5. The van der Waals surface area contributed by atoms with Gasteiger partial charge in [-0.25, -0.2) is 4.79 Å². The summed E-state index contributed by atoms with van der Waals surface area (Å²) in [7, 11) is 0. The zero-order valence-electron chi connectivity index (χ0n) is 28.6. The van der Waals surface area contributed by atoms with Gasteiger partial charge in [-0.1, -0.05) is 139 Å². The fraction of sp³-hybridized carbons (Fsp3) is 0.500. The number of hydrogen-bond acceptors (Lipinski definition) is 5. The van der Waals surface area contributed by atoms with Gasteiger partial charge in [0.25, 0.3) is 0 Å². The van der Waals surface area contributed by atoms with E-state index in [0.717, 1.165) is 18.4 Å². The first-order chi connectivity index (χ1) is 22.1. The van der Waals surface area contributed by atoms with Crippen LogP contribution in [0.5, 0.6) is 0 Å². The van der Waals surface area contributed by atoms with Crippen LogP contribution in [0.4, 0.5) is 0 Å². The molecular weight excluding hydrogens is 574 g/mol.